The maximum absolute atomic E-state index is 13.5. The molecule has 0 saturated heterocycles. The molecule has 5 nitrogen and oxygen atoms in total. The molecule has 0 aliphatic heterocycles. The maximum Gasteiger partial charge on any atom is 0.247 e. The van der Waals surface area contributed by atoms with E-state index in [4.69, 9.17) is 4.74 Å². The Labute approximate surface area is 196 Å². The van der Waals surface area contributed by atoms with Gasteiger partial charge in [0.2, 0.25) is 11.8 Å². The largest absolute Gasteiger partial charge is 0.494 e. The number of benzene rings is 3. The number of ether oxygens (including phenoxy) is 1. The van der Waals surface area contributed by atoms with Gasteiger partial charge in [-0.2, -0.15) is 0 Å². The van der Waals surface area contributed by atoms with Crippen LogP contribution in [-0.2, 0) is 16.0 Å². The van der Waals surface area contributed by atoms with Gasteiger partial charge in [-0.25, -0.2) is 0 Å². The molecule has 0 aliphatic carbocycles. The molecule has 3 rings (SSSR count). The number of carbonyl (C=O) groups excluding carboxylic acids is 2. The molecule has 0 aliphatic rings. The van der Waals surface area contributed by atoms with Crippen LogP contribution in [0.3, 0.4) is 0 Å². The summed E-state index contributed by atoms with van der Waals surface area (Å²) in [6, 6.07) is 26.3. The van der Waals surface area contributed by atoms with Crippen molar-refractivity contribution in [2.24, 2.45) is 0 Å². The van der Waals surface area contributed by atoms with Crippen LogP contribution in [0, 0.1) is 0 Å². The lowest BCUT2D eigenvalue weighted by Gasteiger charge is -2.24. The molecule has 2 N–H and O–H groups in total. The minimum atomic E-state index is -0.792. The lowest BCUT2D eigenvalue weighted by atomic mass is 9.97. The molecule has 2 atom stereocenters. The van der Waals surface area contributed by atoms with Gasteiger partial charge in [0.15, 0.2) is 0 Å². The molecule has 33 heavy (non-hydrogen) atoms. The predicted octanol–water partition coefficient (Wildman–Crippen LogP) is 5.14. The Morgan fingerprint density at radius 1 is 0.788 bits per heavy atom. The van der Waals surface area contributed by atoms with Crippen LogP contribution < -0.4 is 15.4 Å². The lowest BCUT2D eigenvalue weighted by molar-refractivity contribution is -0.129. The molecule has 0 radical (unpaired) electrons. The molecule has 0 bridgehead atoms. The van der Waals surface area contributed by atoms with Crippen LogP contribution in [0.15, 0.2) is 84.9 Å². The number of hydrogen-bond acceptors (Lipinski definition) is 3. The van der Waals surface area contributed by atoms with Crippen molar-refractivity contribution < 1.29 is 14.3 Å². The fourth-order valence-corrected chi connectivity index (χ4v) is 3.58. The van der Waals surface area contributed by atoms with Gasteiger partial charge in [-0.1, -0.05) is 86.6 Å². The first-order chi connectivity index (χ1) is 16.1. The van der Waals surface area contributed by atoms with Crippen LogP contribution in [0.2, 0.25) is 0 Å². The molecule has 3 aromatic carbocycles. The van der Waals surface area contributed by atoms with Crippen molar-refractivity contribution in [3.8, 4) is 5.75 Å². The number of amides is 2. The van der Waals surface area contributed by atoms with Crippen LogP contribution in [0.1, 0.15) is 55.5 Å². The smallest absolute Gasteiger partial charge is 0.247 e. The second-order valence-electron chi connectivity index (χ2n) is 7.93. The van der Waals surface area contributed by atoms with Crippen molar-refractivity contribution in [2.45, 2.75) is 45.2 Å². The van der Waals surface area contributed by atoms with Crippen molar-refractivity contribution >= 4 is 11.8 Å². The van der Waals surface area contributed by atoms with Crippen molar-refractivity contribution in [3.05, 3.63) is 102 Å². The molecule has 172 valence electrons. The summed E-state index contributed by atoms with van der Waals surface area (Å²) in [6.45, 7) is 4.45. The van der Waals surface area contributed by atoms with Gasteiger partial charge in [-0.3, -0.25) is 9.59 Å². The van der Waals surface area contributed by atoms with Gasteiger partial charge in [0.05, 0.1) is 12.6 Å². The van der Waals surface area contributed by atoms with Crippen LogP contribution >= 0.6 is 0 Å². The average molecular weight is 445 g/mol. The van der Waals surface area contributed by atoms with E-state index in [0.29, 0.717) is 25.0 Å². The van der Waals surface area contributed by atoms with Gasteiger partial charge in [-0.15, -0.1) is 0 Å². The fourth-order valence-electron chi connectivity index (χ4n) is 3.58. The van der Waals surface area contributed by atoms with Gasteiger partial charge < -0.3 is 15.4 Å². The zero-order valence-corrected chi connectivity index (χ0v) is 19.3. The van der Waals surface area contributed by atoms with Gasteiger partial charge in [-0.05, 0) is 41.7 Å². The van der Waals surface area contributed by atoms with Crippen LogP contribution in [0.5, 0.6) is 5.75 Å². The lowest BCUT2D eigenvalue weighted by Crippen LogP contribution is -2.42. The normalized spacial score (nSPS) is 12.4. The number of rotatable bonds is 11. The van der Waals surface area contributed by atoms with Crippen molar-refractivity contribution in [2.75, 3.05) is 6.61 Å². The van der Waals surface area contributed by atoms with Crippen molar-refractivity contribution in [1.82, 2.24) is 10.6 Å². The Bertz CT molecular complexity index is 1000. The minimum Gasteiger partial charge on any atom is -0.494 e. The number of hydrogen-bond donors (Lipinski definition) is 2. The van der Waals surface area contributed by atoms with Gasteiger partial charge in [0.1, 0.15) is 11.8 Å². The van der Waals surface area contributed by atoms with Gasteiger partial charge in [0.25, 0.3) is 0 Å². The standard InChI is InChI=1S/C28H32N2O3/c1-3-19-33-24-17-15-23(16-18-24)27(30-26(31)4-2)28(32)29-25(22-13-9-6-10-14-22)20-21-11-7-5-8-12-21/h5-18,25,27H,3-4,19-20H2,1-2H3,(H,29,32)(H,30,31). The van der Waals surface area contributed by atoms with Crippen LogP contribution in [-0.4, -0.2) is 18.4 Å². The first kappa shape index (κ1) is 24.1. The third-order valence-corrected chi connectivity index (χ3v) is 5.38. The molecule has 0 fully saturated rings. The molecule has 0 saturated carbocycles. The second-order valence-corrected chi connectivity index (χ2v) is 7.93. The summed E-state index contributed by atoms with van der Waals surface area (Å²) in [5.74, 6) is 0.317. The van der Waals surface area contributed by atoms with Crippen molar-refractivity contribution in [3.63, 3.8) is 0 Å². The molecule has 0 spiro atoms. The highest BCUT2D eigenvalue weighted by Crippen LogP contribution is 2.23. The number of carbonyl (C=O) groups is 2. The minimum absolute atomic E-state index is 0.180. The molecule has 0 heterocycles. The zero-order chi connectivity index (χ0) is 23.5. The highest BCUT2D eigenvalue weighted by molar-refractivity contribution is 5.88. The quantitative estimate of drug-likeness (QED) is 0.430. The summed E-state index contributed by atoms with van der Waals surface area (Å²) in [4.78, 5) is 25.7. The third-order valence-electron chi connectivity index (χ3n) is 5.38. The summed E-state index contributed by atoms with van der Waals surface area (Å²) in [5.41, 5.74) is 2.85. The predicted molar refractivity (Wildman–Crippen MR) is 131 cm³/mol. The Morgan fingerprint density at radius 2 is 1.42 bits per heavy atom. The molecular weight excluding hydrogens is 412 g/mol. The molecule has 2 unspecified atom stereocenters. The van der Waals surface area contributed by atoms with E-state index >= 15 is 0 Å². The Morgan fingerprint density at radius 3 is 2.03 bits per heavy atom. The van der Waals surface area contributed by atoms with E-state index in [1.165, 1.54) is 0 Å². The Balaban J connectivity index is 1.84. The maximum atomic E-state index is 13.5. The zero-order valence-electron chi connectivity index (χ0n) is 19.3. The van der Waals surface area contributed by atoms with E-state index in [0.717, 1.165) is 23.3 Å². The first-order valence-electron chi connectivity index (χ1n) is 11.5. The van der Waals surface area contributed by atoms with E-state index in [1.54, 1.807) is 6.92 Å². The Kier molecular flexibility index (Phi) is 9.07. The van der Waals surface area contributed by atoms with E-state index < -0.39 is 6.04 Å². The third kappa shape index (κ3) is 7.21. The summed E-state index contributed by atoms with van der Waals surface area (Å²) in [7, 11) is 0. The van der Waals surface area contributed by atoms with E-state index in [-0.39, 0.29) is 17.9 Å². The van der Waals surface area contributed by atoms with Crippen LogP contribution in [0.25, 0.3) is 0 Å². The van der Waals surface area contributed by atoms with Gasteiger partial charge in [0, 0.05) is 6.42 Å². The molecule has 0 aromatic heterocycles. The summed E-state index contributed by atoms with van der Waals surface area (Å²) >= 11 is 0. The molecule has 3 aromatic rings. The summed E-state index contributed by atoms with van der Waals surface area (Å²) in [5, 5.41) is 6.05. The summed E-state index contributed by atoms with van der Waals surface area (Å²) < 4.78 is 5.65. The average Bonchev–Trinajstić information content (AvgIpc) is 2.87. The highest BCUT2D eigenvalue weighted by Gasteiger charge is 2.25. The highest BCUT2D eigenvalue weighted by atomic mass is 16.5. The second kappa shape index (κ2) is 12.4. The molecule has 5 heteroatoms. The Hall–Kier alpha value is -3.60. The van der Waals surface area contributed by atoms with E-state index in [1.807, 2.05) is 91.9 Å². The van der Waals surface area contributed by atoms with Crippen molar-refractivity contribution in [1.29, 1.82) is 0 Å². The fraction of sp³-hybridized carbons (Fsp3) is 0.286. The van der Waals surface area contributed by atoms with E-state index in [2.05, 4.69) is 10.6 Å². The SMILES string of the molecule is CCCOc1ccc(C(NC(=O)CC)C(=O)NC(Cc2ccccc2)c2ccccc2)cc1. The van der Waals surface area contributed by atoms with Crippen LogP contribution in [0.4, 0.5) is 0 Å². The monoisotopic (exact) mass is 444 g/mol. The first-order valence-corrected chi connectivity index (χ1v) is 11.5. The summed E-state index contributed by atoms with van der Waals surface area (Å²) in [6.07, 6.45) is 1.87. The number of nitrogens with one attached hydrogen (secondary N) is 2. The molecule has 2 amide bonds. The van der Waals surface area contributed by atoms with E-state index in [9.17, 15) is 9.59 Å². The molecular formula is C28H32N2O3. The van der Waals surface area contributed by atoms with Gasteiger partial charge >= 0.3 is 0 Å². The topological polar surface area (TPSA) is 67.4 Å².